The first-order chi connectivity index (χ1) is 14.4. The van der Waals surface area contributed by atoms with Crippen molar-refractivity contribution in [2.75, 3.05) is 6.61 Å². The molecule has 0 heterocycles. The number of carbonyl (C=O) groups is 3. The van der Waals surface area contributed by atoms with Crippen LogP contribution in [0.3, 0.4) is 0 Å². The summed E-state index contributed by atoms with van der Waals surface area (Å²) in [6, 6.07) is 8.81. The standard InChI is InChI=1S/C20H20ClN3O7/c1-20(2,3)23-19(27)22-17(25)11-30-18(26)12-4-7-14(8-5-12)31-16-9-6-13(21)10-15(16)24(28)29/h4-10H,11H2,1-3H3,(H2,22,23,25,27). The topological polar surface area (TPSA) is 137 Å². The molecule has 10 nitrogen and oxygen atoms in total. The molecule has 0 saturated heterocycles. The summed E-state index contributed by atoms with van der Waals surface area (Å²) in [6.45, 7) is 4.59. The maximum absolute atomic E-state index is 12.1. The van der Waals surface area contributed by atoms with Gasteiger partial charge in [-0.3, -0.25) is 20.2 Å². The van der Waals surface area contributed by atoms with E-state index in [1.54, 1.807) is 20.8 Å². The quantitative estimate of drug-likeness (QED) is 0.388. The lowest BCUT2D eigenvalue weighted by Crippen LogP contribution is -2.49. The van der Waals surface area contributed by atoms with Crippen molar-refractivity contribution in [2.24, 2.45) is 0 Å². The minimum Gasteiger partial charge on any atom is -0.452 e. The van der Waals surface area contributed by atoms with Crippen molar-refractivity contribution < 1.29 is 28.8 Å². The molecule has 3 amide bonds. The van der Waals surface area contributed by atoms with E-state index in [0.29, 0.717) is 0 Å². The molecule has 0 aromatic heterocycles. The molecule has 0 aliphatic heterocycles. The van der Waals surface area contributed by atoms with Crippen LogP contribution in [0.5, 0.6) is 11.5 Å². The molecule has 2 rings (SSSR count). The molecule has 11 heteroatoms. The lowest BCUT2D eigenvalue weighted by atomic mass is 10.1. The Morgan fingerprint density at radius 2 is 1.74 bits per heavy atom. The van der Waals surface area contributed by atoms with Crippen LogP contribution in [0.4, 0.5) is 10.5 Å². The fourth-order valence-electron chi connectivity index (χ4n) is 2.25. The normalized spacial score (nSPS) is 10.7. The second-order valence-corrected chi connectivity index (χ2v) is 7.76. The number of amides is 3. The molecule has 2 aromatic carbocycles. The first-order valence-corrected chi connectivity index (χ1v) is 9.33. The van der Waals surface area contributed by atoms with Crippen LogP contribution in [-0.4, -0.2) is 35.0 Å². The second kappa shape index (κ2) is 9.90. The van der Waals surface area contributed by atoms with Gasteiger partial charge in [0.2, 0.25) is 5.75 Å². The van der Waals surface area contributed by atoms with E-state index in [1.165, 1.54) is 36.4 Å². The highest BCUT2D eigenvalue weighted by Crippen LogP contribution is 2.33. The Morgan fingerprint density at radius 1 is 1.10 bits per heavy atom. The number of benzene rings is 2. The maximum atomic E-state index is 12.1. The third-order valence-corrected chi connectivity index (χ3v) is 3.75. The molecule has 0 fully saturated rings. The number of imide groups is 1. The van der Waals surface area contributed by atoms with Gasteiger partial charge in [-0.2, -0.15) is 0 Å². The van der Waals surface area contributed by atoms with Gasteiger partial charge in [0.05, 0.1) is 10.5 Å². The molecule has 0 unspecified atom stereocenters. The Labute approximate surface area is 182 Å². The van der Waals surface area contributed by atoms with Crippen molar-refractivity contribution >= 4 is 35.2 Å². The zero-order valence-corrected chi connectivity index (χ0v) is 17.7. The van der Waals surface area contributed by atoms with Gasteiger partial charge in [0, 0.05) is 16.6 Å². The average molecular weight is 450 g/mol. The van der Waals surface area contributed by atoms with Crippen LogP contribution in [0.15, 0.2) is 42.5 Å². The predicted octanol–water partition coefficient (Wildman–Crippen LogP) is 3.82. The summed E-state index contributed by atoms with van der Waals surface area (Å²) in [6.07, 6.45) is 0. The highest BCUT2D eigenvalue weighted by atomic mass is 35.5. The number of rotatable bonds is 6. The summed E-state index contributed by atoms with van der Waals surface area (Å²) >= 11 is 5.77. The molecule has 0 spiro atoms. The van der Waals surface area contributed by atoms with Crippen molar-refractivity contribution in [2.45, 2.75) is 26.3 Å². The number of urea groups is 1. The average Bonchev–Trinajstić information content (AvgIpc) is 2.66. The zero-order chi connectivity index (χ0) is 23.2. The highest BCUT2D eigenvalue weighted by Gasteiger charge is 2.18. The van der Waals surface area contributed by atoms with Crippen LogP contribution < -0.4 is 15.4 Å². The van der Waals surface area contributed by atoms with Gasteiger partial charge in [0.25, 0.3) is 5.91 Å². The van der Waals surface area contributed by atoms with Gasteiger partial charge in [-0.05, 0) is 57.2 Å². The Kier molecular flexibility index (Phi) is 7.54. The van der Waals surface area contributed by atoms with Crippen LogP contribution in [0.1, 0.15) is 31.1 Å². The van der Waals surface area contributed by atoms with Gasteiger partial charge in [0.15, 0.2) is 6.61 Å². The van der Waals surface area contributed by atoms with Gasteiger partial charge >= 0.3 is 17.7 Å². The molecule has 164 valence electrons. The van der Waals surface area contributed by atoms with E-state index in [9.17, 15) is 24.5 Å². The monoisotopic (exact) mass is 449 g/mol. The van der Waals surface area contributed by atoms with Gasteiger partial charge in [0.1, 0.15) is 5.75 Å². The lowest BCUT2D eigenvalue weighted by molar-refractivity contribution is -0.385. The van der Waals surface area contributed by atoms with Crippen molar-refractivity contribution in [3.8, 4) is 11.5 Å². The summed E-state index contributed by atoms with van der Waals surface area (Å²) in [5.74, 6) is -1.37. The third kappa shape index (κ3) is 7.59. The van der Waals surface area contributed by atoms with Crippen molar-refractivity contribution in [1.29, 1.82) is 0 Å². The fraction of sp³-hybridized carbons (Fsp3) is 0.250. The Bertz CT molecular complexity index is 1000. The number of nitro benzene ring substituents is 1. The highest BCUT2D eigenvalue weighted by molar-refractivity contribution is 6.30. The summed E-state index contributed by atoms with van der Waals surface area (Å²) in [7, 11) is 0. The zero-order valence-electron chi connectivity index (χ0n) is 16.9. The molecule has 2 aromatic rings. The van der Waals surface area contributed by atoms with Gasteiger partial charge < -0.3 is 14.8 Å². The molecular weight excluding hydrogens is 430 g/mol. The van der Waals surface area contributed by atoms with Gasteiger partial charge in [-0.15, -0.1) is 0 Å². The predicted molar refractivity (Wildman–Crippen MR) is 111 cm³/mol. The molecule has 0 saturated carbocycles. The van der Waals surface area contributed by atoms with Crippen LogP contribution in [0, 0.1) is 10.1 Å². The Morgan fingerprint density at radius 3 is 2.32 bits per heavy atom. The third-order valence-electron chi connectivity index (χ3n) is 3.51. The van der Waals surface area contributed by atoms with Gasteiger partial charge in [-0.1, -0.05) is 11.6 Å². The first-order valence-electron chi connectivity index (χ1n) is 8.95. The van der Waals surface area contributed by atoms with Crippen molar-refractivity contribution in [3.63, 3.8) is 0 Å². The summed E-state index contributed by atoms with van der Waals surface area (Å²) in [5, 5.41) is 15.9. The van der Waals surface area contributed by atoms with E-state index >= 15 is 0 Å². The minimum atomic E-state index is -0.796. The van der Waals surface area contributed by atoms with Gasteiger partial charge in [-0.25, -0.2) is 9.59 Å². The Balaban J connectivity index is 1.93. The smallest absolute Gasteiger partial charge is 0.338 e. The van der Waals surface area contributed by atoms with Crippen LogP contribution in [0.25, 0.3) is 0 Å². The number of carbonyl (C=O) groups excluding carboxylic acids is 3. The van der Waals surface area contributed by atoms with Crippen LogP contribution in [-0.2, 0) is 9.53 Å². The molecule has 0 atom stereocenters. The lowest BCUT2D eigenvalue weighted by Gasteiger charge is -2.20. The maximum Gasteiger partial charge on any atom is 0.338 e. The molecule has 0 aliphatic rings. The van der Waals surface area contributed by atoms with Crippen molar-refractivity contribution in [3.05, 3.63) is 63.2 Å². The molecular formula is C20H20ClN3O7. The molecule has 0 aliphatic carbocycles. The van der Waals surface area contributed by atoms with E-state index < -0.39 is 35.0 Å². The molecule has 31 heavy (non-hydrogen) atoms. The first kappa shape index (κ1) is 23.6. The Hall–Kier alpha value is -3.66. The van der Waals surface area contributed by atoms with Crippen molar-refractivity contribution in [1.82, 2.24) is 10.6 Å². The summed E-state index contributed by atoms with van der Waals surface area (Å²) in [4.78, 5) is 45.9. The van der Waals surface area contributed by atoms with E-state index in [4.69, 9.17) is 21.1 Å². The van der Waals surface area contributed by atoms with E-state index in [-0.39, 0.29) is 27.8 Å². The number of nitro groups is 1. The summed E-state index contributed by atoms with van der Waals surface area (Å²) < 4.78 is 10.3. The van der Waals surface area contributed by atoms with E-state index in [0.717, 1.165) is 6.07 Å². The molecule has 0 radical (unpaired) electrons. The number of hydrogen-bond donors (Lipinski definition) is 2. The second-order valence-electron chi connectivity index (χ2n) is 7.32. The molecule has 2 N–H and O–H groups in total. The number of esters is 1. The number of halogens is 1. The van der Waals surface area contributed by atoms with Crippen LogP contribution >= 0.6 is 11.6 Å². The SMILES string of the molecule is CC(C)(C)NC(=O)NC(=O)COC(=O)c1ccc(Oc2ccc(Cl)cc2[N+](=O)[O-])cc1. The minimum absolute atomic E-state index is 0.0186. The van der Waals surface area contributed by atoms with Crippen LogP contribution in [0.2, 0.25) is 5.02 Å². The number of hydrogen-bond acceptors (Lipinski definition) is 7. The number of ether oxygens (including phenoxy) is 2. The fourth-order valence-corrected chi connectivity index (χ4v) is 2.42. The summed E-state index contributed by atoms with van der Waals surface area (Å²) in [5.41, 5.74) is -0.723. The largest absolute Gasteiger partial charge is 0.452 e. The number of nitrogens with one attached hydrogen (secondary N) is 2. The van der Waals surface area contributed by atoms with E-state index in [1.807, 2.05) is 5.32 Å². The number of nitrogens with zero attached hydrogens (tertiary/aromatic N) is 1. The van der Waals surface area contributed by atoms with E-state index in [2.05, 4.69) is 5.32 Å². The molecule has 0 bridgehead atoms.